The van der Waals surface area contributed by atoms with Gasteiger partial charge >= 0.3 is 6.09 Å². The number of carboxylic acid groups (broad SMARTS) is 1. The molecule has 0 aromatic carbocycles. The van der Waals surface area contributed by atoms with Gasteiger partial charge in [-0.1, -0.05) is 11.2 Å². The number of piperidine rings is 1. The summed E-state index contributed by atoms with van der Waals surface area (Å²) in [6.45, 7) is 4.48. The van der Waals surface area contributed by atoms with Crippen molar-refractivity contribution in [2.45, 2.75) is 32.8 Å². The molecule has 9 heteroatoms. The maximum Gasteiger partial charge on any atom is 0.407 e. The normalized spacial score (nSPS) is 15.5. The zero-order valence-electron chi connectivity index (χ0n) is 15.2. The van der Waals surface area contributed by atoms with Crippen LogP contribution in [0, 0.1) is 6.92 Å². The molecule has 0 atom stereocenters. The average Bonchev–Trinajstić information content (AvgIpc) is 2.69. The minimum Gasteiger partial charge on any atom is -0.474 e. The second kappa shape index (κ2) is 8.43. The summed E-state index contributed by atoms with van der Waals surface area (Å²) in [6, 6.07) is 5.54. The summed E-state index contributed by atoms with van der Waals surface area (Å²) in [5.41, 5.74) is 1.97. The predicted molar refractivity (Wildman–Crippen MR) is 97.1 cm³/mol. The molecule has 0 saturated carbocycles. The van der Waals surface area contributed by atoms with E-state index in [4.69, 9.17) is 14.7 Å². The first-order chi connectivity index (χ1) is 13.0. The SMILES string of the molecule is C/C(=N/Oc1ncnc(OC2CCN(C(=O)O)CC2)c1C)c1ccccn1. The summed E-state index contributed by atoms with van der Waals surface area (Å²) in [7, 11) is 0. The molecule has 3 rings (SSSR count). The molecule has 3 heterocycles. The van der Waals surface area contributed by atoms with E-state index >= 15 is 0 Å². The largest absolute Gasteiger partial charge is 0.474 e. The molecule has 27 heavy (non-hydrogen) atoms. The second-order valence-corrected chi connectivity index (χ2v) is 6.18. The Bertz CT molecular complexity index is 820. The van der Waals surface area contributed by atoms with Crippen molar-refractivity contribution >= 4 is 11.8 Å². The summed E-state index contributed by atoms with van der Waals surface area (Å²) >= 11 is 0. The van der Waals surface area contributed by atoms with Crippen LogP contribution < -0.4 is 9.57 Å². The average molecular weight is 371 g/mol. The molecule has 0 unspecified atom stereocenters. The molecule has 1 aliphatic rings. The molecule has 2 aromatic rings. The van der Waals surface area contributed by atoms with Crippen molar-refractivity contribution in [1.29, 1.82) is 0 Å². The fourth-order valence-corrected chi connectivity index (χ4v) is 2.69. The Labute approximate surface area is 156 Å². The third-order valence-electron chi connectivity index (χ3n) is 4.29. The number of oxime groups is 1. The van der Waals surface area contributed by atoms with Crippen LogP contribution in [-0.4, -0.2) is 56.0 Å². The first-order valence-electron chi connectivity index (χ1n) is 8.63. The van der Waals surface area contributed by atoms with Crippen molar-refractivity contribution in [3.63, 3.8) is 0 Å². The van der Waals surface area contributed by atoms with Gasteiger partial charge < -0.3 is 19.6 Å². The summed E-state index contributed by atoms with van der Waals surface area (Å²) in [4.78, 5) is 30.3. The molecule has 0 radical (unpaired) electrons. The molecule has 1 fully saturated rings. The van der Waals surface area contributed by atoms with E-state index < -0.39 is 6.09 Å². The van der Waals surface area contributed by atoms with Gasteiger partial charge in [-0.05, 0) is 26.0 Å². The monoisotopic (exact) mass is 371 g/mol. The fraction of sp³-hybridized carbons (Fsp3) is 0.389. The predicted octanol–water partition coefficient (Wildman–Crippen LogP) is 2.50. The quantitative estimate of drug-likeness (QED) is 0.635. The van der Waals surface area contributed by atoms with Crippen LogP contribution >= 0.6 is 0 Å². The molecule has 2 aromatic heterocycles. The fourth-order valence-electron chi connectivity index (χ4n) is 2.69. The van der Waals surface area contributed by atoms with Gasteiger partial charge in [0.05, 0.1) is 11.3 Å². The molecule has 142 valence electrons. The van der Waals surface area contributed by atoms with E-state index in [2.05, 4.69) is 20.1 Å². The van der Waals surface area contributed by atoms with Crippen LogP contribution in [0.3, 0.4) is 0 Å². The van der Waals surface area contributed by atoms with Gasteiger partial charge in [0.15, 0.2) is 0 Å². The van der Waals surface area contributed by atoms with Crippen LogP contribution in [0.5, 0.6) is 11.8 Å². The maximum atomic E-state index is 11.0. The van der Waals surface area contributed by atoms with Crippen molar-refractivity contribution in [2.75, 3.05) is 13.1 Å². The highest BCUT2D eigenvalue weighted by Gasteiger charge is 2.24. The lowest BCUT2D eigenvalue weighted by Gasteiger charge is -2.30. The van der Waals surface area contributed by atoms with E-state index in [1.807, 2.05) is 18.2 Å². The summed E-state index contributed by atoms with van der Waals surface area (Å²) < 4.78 is 5.93. The van der Waals surface area contributed by atoms with Gasteiger partial charge in [0.2, 0.25) is 5.88 Å². The minimum atomic E-state index is -0.900. The van der Waals surface area contributed by atoms with Gasteiger partial charge in [0.1, 0.15) is 18.1 Å². The number of hydrogen-bond acceptors (Lipinski definition) is 7. The van der Waals surface area contributed by atoms with E-state index in [1.54, 1.807) is 20.0 Å². The van der Waals surface area contributed by atoms with Gasteiger partial charge in [0, 0.05) is 32.1 Å². The second-order valence-electron chi connectivity index (χ2n) is 6.18. The Kier molecular flexibility index (Phi) is 5.80. The highest BCUT2D eigenvalue weighted by molar-refractivity contribution is 5.96. The number of carbonyl (C=O) groups is 1. The highest BCUT2D eigenvalue weighted by atomic mass is 16.6. The van der Waals surface area contributed by atoms with Crippen LogP contribution in [0.2, 0.25) is 0 Å². The molecule has 0 bridgehead atoms. The molecular weight excluding hydrogens is 350 g/mol. The van der Waals surface area contributed by atoms with Crippen LogP contribution in [0.15, 0.2) is 35.9 Å². The minimum absolute atomic E-state index is 0.0965. The molecule has 9 nitrogen and oxygen atoms in total. The lowest BCUT2D eigenvalue weighted by Crippen LogP contribution is -2.41. The maximum absolute atomic E-state index is 11.0. The number of rotatable bonds is 5. The Morgan fingerprint density at radius 1 is 1.22 bits per heavy atom. The zero-order valence-corrected chi connectivity index (χ0v) is 15.2. The molecule has 1 N–H and O–H groups in total. The first kappa shape index (κ1) is 18.6. The van der Waals surface area contributed by atoms with E-state index in [9.17, 15) is 4.79 Å². The highest BCUT2D eigenvalue weighted by Crippen LogP contribution is 2.25. The number of likely N-dealkylation sites (tertiary alicyclic amines) is 1. The van der Waals surface area contributed by atoms with Crippen LogP contribution in [0.4, 0.5) is 4.79 Å². The van der Waals surface area contributed by atoms with E-state index in [0.29, 0.717) is 54.7 Å². The molecule has 1 amide bonds. The van der Waals surface area contributed by atoms with Crippen molar-refractivity contribution in [2.24, 2.45) is 5.16 Å². The standard InChI is InChI=1S/C18H21N5O4/c1-12-16(26-14-6-9-23(10-7-14)18(24)25)20-11-21-17(12)27-22-13(2)15-5-3-4-8-19-15/h3-5,8,11,14H,6-7,9-10H2,1-2H3,(H,24,25)/b22-13-. The number of pyridine rings is 1. The van der Waals surface area contributed by atoms with E-state index in [1.165, 1.54) is 11.2 Å². The Morgan fingerprint density at radius 3 is 2.63 bits per heavy atom. The summed E-state index contributed by atoms with van der Waals surface area (Å²) in [5.74, 6) is 0.720. The smallest absolute Gasteiger partial charge is 0.407 e. The Balaban J connectivity index is 1.65. The lowest BCUT2D eigenvalue weighted by molar-refractivity contribution is 0.0863. The topological polar surface area (TPSA) is 110 Å². The van der Waals surface area contributed by atoms with Crippen LogP contribution in [-0.2, 0) is 0 Å². The number of amides is 1. The molecule has 1 saturated heterocycles. The zero-order chi connectivity index (χ0) is 19.2. The van der Waals surface area contributed by atoms with Crippen molar-refractivity contribution in [3.8, 4) is 11.8 Å². The summed E-state index contributed by atoms with van der Waals surface area (Å²) in [5, 5.41) is 13.1. The third kappa shape index (κ3) is 4.69. The number of aromatic nitrogens is 3. The van der Waals surface area contributed by atoms with Crippen molar-refractivity contribution in [3.05, 3.63) is 42.0 Å². The van der Waals surface area contributed by atoms with Crippen molar-refractivity contribution in [1.82, 2.24) is 19.9 Å². The van der Waals surface area contributed by atoms with E-state index in [0.717, 1.165) is 0 Å². The molecular formula is C18H21N5O4. The number of hydrogen-bond donors (Lipinski definition) is 1. The van der Waals surface area contributed by atoms with Crippen molar-refractivity contribution < 1.29 is 19.5 Å². The van der Waals surface area contributed by atoms with Gasteiger partial charge in [-0.15, -0.1) is 0 Å². The van der Waals surface area contributed by atoms with E-state index in [-0.39, 0.29) is 6.10 Å². The Morgan fingerprint density at radius 2 is 1.96 bits per heavy atom. The van der Waals surface area contributed by atoms with Gasteiger partial charge in [-0.2, -0.15) is 4.98 Å². The van der Waals surface area contributed by atoms with Gasteiger partial charge in [0.25, 0.3) is 5.88 Å². The third-order valence-corrected chi connectivity index (χ3v) is 4.29. The van der Waals surface area contributed by atoms with Crippen LogP contribution in [0.1, 0.15) is 31.0 Å². The molecule has 0 spiro atoms. The summed E-state index contributed by atoms with van der Waals surface area (Å²) in [6.07, 6.45) is 3.28. The number of ether oxygens (including phenoxy) is 1. The molecule has 0 aliphatic carbocycles. The Hall–Kier alpha value is -3.23. The van der Waals surface area contributed by atoms with Gasteiger partial charge in [-0.3, -0.25) is 4.98 Å². The van der Waals surface area contributed by atoms with Crippen LogP contribution in [0.25, 0.3) is 0 Å². The number of nitrogens with zero attached hydrogens (tertiary/aromatic N) is 5. The van der Waals surface area contributed by atoms with Gasteiger partial charge in [-0.25, -0.2) is 9.78 Å². The first-order valence-corrected chi connectivity index (χ1v) is 8.63. The lowest BCUT2D eigenvalue weighted by atomic mass is 10.1. The molecule has 1 aliphatic heterocycles.